The van der Waals surface area contributed by atoms with Crippen LogP contribution in [0.1, 0.15) is 48.9 Å². The van der Waals surface area contributed by atoms with Crippen LogP contribution >= 0.6 is 0 Å². The van der Waals surface area contributed by atoms with Crippen molar-refractivity contribution in [3.63, 3.8) is 0 Å². The largest absolute Gasteiger partial charge is 0.446 e. The predicted molar refractivity (Wildman–Crippen MR) is 142 cm³/mol. The number of amides is 1. The number of likely N-dealkylation sites (N-methyl/N-ethyl adjacent to an activating group) is 1. The molecular weight excluding hydrogens is 436 g/mol. The summed E-state index contributed by atoms with van der Waals surface area (Å²) < 4.78 is 5.64. The Morgan fingerprint density at radius 1 is 1.11 bits per heavy atom. The molecule has 0 saturated heterocycles. The zero-order valence-corrected chi connectivity index (χ0v) is 20.6. The van der Waals surface area contributed by atoms with Crippen LogP contribution in [0.4, 0.5) is 10.5 Å². The summed E-state index contributed by atoms with van der Waals surface area (Å²) in [5.74, 6) is 0. The summed E-state index contributed by atoms with van der Waals surface area (Å²) in [6.45, 7) is 3.91. The Hall–Kier alpha value is -3.38. The minimum absolute atomic E-state index is 0.0469. The molecule has 2 N–H and O–H groups in total. The van der Waals surface area contributed by atoms with E-state index in [-0.39, 0.29) is 12.2 Å². The summed E-state index contributed by atoms with van der Waals surface area (Å²) in [6, 6.07) is 16.4. The van der Waals surface area contributed by atoms with Gasteiger partial charge >= 0.3 is 6.09 Å². The highest BCUT2D eigenvalue weighted by Gasteiger charge is 2.18. The molecule has 0 unspecified atom stereocenters. The fourth-order valence-corrected chi connectivity index (χ4v) is 5.23. The lowest BCUT2D eigenvalue weighted by Crippen LogP contribution is -2.24. The number of ether oxygens (including phenoxy) is 1. The van der Waals surface area contributed by atoms with E-state index in [9.17, 15) is 4.79 Å². The van der Waals surface area contributed by atoms with Gasteiger partial charge in [0.25, 0.3) is 0 Å². The van der Waals surface area contributed by atoms with E-state index in [1.807, 2.05) is 24.4 Å². The highest BCUT2D eigenvalue weighted by Crippen LogP contribution is 2.27. The average Bonchev–Trinajstić information content (AvgIpc) is 3.17. The molecule has 1 amide bonds. The molecule has 0 bridgehead atoms. The molecule has 1 aliphatic rings. The van der Waals surface area contributed by atoms with Crippen LogP contribution in [0.15, 0.2) is 54.7 Å². The number of benzene rings is 2. The van der Waals surface area contributed by atoms with Crippen molar-refractivity contribution in [1.29, 1.82) is 0 Å². The van der Waals surface area contributed by atoms with Crippen LogP contribution in [0.2, 0.25) is 0 Å². The zero-order valence-electron chi connectivity index (χ0n) is 20.6. The molecular formula is C29H34N4O2. The summed E-state index contributed by atoms with van der Waals surface area (Å²) in [5, 5.41) is 5.30. The molecule has 0 atom stereocenters. The Kier molecular flexibility index (Phi) is 7.00. The van der Waals surface area contributed by atoms with E-state index in [0.717, 1.165) is 67.3 Å². The molecule has 1 saturated carbocycles. The molecule has 6 nitrogen and oxygen atoms in total. The van der Waals surface area contributed by atoms with Crippen molar-refractivity contribution in [3.8, 4) is 0 Å². The van der Waals surface area contributed by atoms with E-state index in [0.29, 0.717) is 0 Å². The fourth-order valence-electron chi connectivity index (χ4n) is 5.23. The van der Waals surface area contributed by atoms with Crippen molar-refractivity contribution in [2.24, 2.45) is 0 Å². The Balaban J connectivity index is 1.25. The number of carbonyl (C=O) groups excluding carboxylic acids is 1. The normalized spacial score (nSPS) is 14.6. The maximum absolute atomic E-state index is 12.4. The Morgan fingerprint density at radius 2 is 1.94 bits per heavy atom. The van der Waals surface area contributed by atoms with Crippen LogP contribution in [0, 0.1) is 6.92 Å². The molecule has 2 aromatic carbocycles. The lowest BCUT2D eigenvalue weighted by Gasteiger charge is -2.21. The van der Waals surface area contributed by atoms with Gasteiger partial charge in [0.2, 0.25) is 0 Å². The number of pyridine rings is 1. The van der Waals surface area contributed by atoms with Gasteiger partial charge in [0.15, 0.2) is 0 Å². The predicted octanol–water partition coefficient (Wildman–Crippen LogP) is 6.58. The third kappa shape index (κ3) is 5.49. The Morgan fingerprint density at radius 3 is 2.80 bits per heavy atom. The van der Waals surface area contributed by atoms with Crippen molar-refractivity contribution < 1.29 is 9.53 Å². The SMILES string of the molecule is Cc1[nH]c2ccc(NC(=O)OC3CCCCC3)cc2c1CCN(C)Cc1ccnc2ccccc12. The standard InChI is InChI=1S/C29H34N4O2/c1-20-24(15-17-33(2)19-21-14-16-30-27-11-7-6-10-25(21)27)26-18-22(12-13-28(26)31-20)32-29(34)35-23-8-4-3-5-9-23/h6-7,10-14,16,18,23,31H,3-5,8-9,15,17,19H2,1-2H3,(H,32,34). The second-order valence-electron chi connectivity index (χ2n) is 9.75. The van der Waals surface area contributed by atoms with Crippen molar-refractivity contribution in [2.45, 2.75) is 58.1 Å². The first-order chi connectivity index (χ1) is 17.1. The summed E-state index contributed by atoms with van der Waals surface area (Å²) >= 11 is 0. The van der Waals surface area contributed by atoms with Gasteiger partial charge in [-0.2, -0.15) is 0 Å². The van der Waals surface area contributed by atoms with Gasteiger partial charge in [0, 0.05) is 47.0 Å². The smallest absolute Gasteiger partial charge is 0.411 e. The van der Waals surface area contributed by atoms with Gasteiger partial charge in [-0.1, -0.05) is 24.6 Å². The lowest BCUT2D eigenvalue weighted by atomic mass is 9.98. The maximum atomic E-state index is 12.4. The molecule has 182 valence electrons. The molecule has 0 radical (unpaired) electrons. The number of anilines is 1. The van der Waals surface area contributed by atoms with Gasteiger partial charge in [-0.05, 0) is 87.5 Å². The Labute approximate surface area is 206 Å². The molecule has 2 heterocycles. The van der Waals surface area contributed by atoms with E-state index in [2.05, 4.69) is 64.5 Å². The number of fused-ring (bicyclic) bond motifs is 2. The van der Waals surface area contributed by atoms with E-state index in [1.165, 1.54) is 28.6 Å². The van der Waals surface area contributed by atoms with Crippen LogP contribution in [0.3, 0.4) is 0 Å². The van der Waals surface area contributed by atoms with Gasteiger partial charge in [0.05, 0.1) is 5.52 Å². The van der Waals surface area contributed by atoms with Crippen LogP contribution in [-0.2, 0) is 17.7 Å². The monoisotopic (exact) mass is 470 g/mol. The number of nitrogens with one attached hydrogen (secondary N) is 2. The molecule has 0 spiro atoms. The molecule has 4 aromatic rings. The number of aromatic amines is 1. The maximum Gasteiger partial charge on any atom is 0.411 e. The first-order valence-electron chi connectivity index (χ1n) is 12.7. The second kappa shape index (κ2) is 10.5. The third-order valence-electron chi connectivity index (χ3n) is 7.11. The quantitative estimate of drug-likeness (QED) is 0.320. The van der Waals surface area contributed by atoms with Crippen molar-refractivity contribution in [1.82, 2.24) is 14.9 Å². The molecule has 1 aliphatic carbocycles. The number of carbonyl (C=O) groups is 1. The number of para-hydroxylation sites is 1. The van der Waals surface area contributed by atoms with Crippen LogP contribution in [0.5, 0.6) is 0 Å². The number of hydrogen-bond donors (Lipinski definition) is 2. The van der Waals surface area contributed by atoms with Gasteiger partial charge in [-0.3, -0.25) is 10.3 Å². The topological polar surface area (TPSA) is 70.2 Å². The van der Waals surface area contributed by atoms with Gasteiger partial charge in [0.1, 0.15) is 6.10 Å². The summed E-state index contributed by atoms with van der Waals surface area (Å²) in [5.41, 5.74) is 6.65. The number of aromatic nitrogens is 2. The second-order valence-corrected chi connectivity index (χ2v) is 9.75. The lowest BCUT2D eigenvalue weighted by molar-refractivity contribution is 0.0865. The number of nitrogens with zero attached hydrogens (tertiary/aromatic N) is 2. The number of aryl methyl sites for hydroxylation is 1. The molecule has 6 heteroatoms. The van der Waals surface area contributed by atoms with Gasteiger partial charge in [-0.25, -0.2) is 4.79 Å². The van der Waals surface area contributed by atoms with Crippen molar-refractivity contribution >= 4 is 33.6 Å². The minimum atomic E-state index is -0.352. The first-order valence-corrected chi connectivity index (χ1v) is 12.7. The van der Waals surface area contributed by atoms with E-state index >= 15 is 0 Å². The van der Waals surface area contributed by atoms with E-state index in [1.54, 1.807) is 0 Å². The van der Waals surface area contributed by atoms with Crippen LogP contribution in [0.25, 0.3) is 21.8 Å². The molecule has 0 aliphatic heterocycles. The van der Waals surface area contributed by atoms with Crippen molar-refractivity contribution in [2.75, 3.05) is 18.9 Å². The van der Waals surface area contributed by atoms with Crippen LogP contribution < -0.4 is 5.32 Å². The van der Waals surface area contributed by atoms with Gasteiger partial charge < -0.3 is 14.6 Å². The molecule has 1 fully saturated rings. The average molecular weight is 471 g/mol. The summed E-state index contributed by atoms with van der Waals surface area (Å²) in [7, 11) is 2.16. The summed E-state index contributed by atoms with van der Waals surface area (Å²) in [4.78, 5) is 22.8. The Bertz CT molecular complexity index is 1320. The molecule has 2 aromatic heterocycles. The number of H-pyrrole nitrogens is 1. The van der Waals surface area contributed by atoms with Crippen molar-refractivity contribution in [3.05, 3.63) is 71.5 Å². The minimum Gasteiger partial charge on any atom is -0.446 e. The van der Waals surface area contributed by atoms with Gasteiger partial charge in [-0.15, -0.1) is 0 Å². The highest BCUT2D eigenvalue weighted by molar-refractivity contribution is 5.92. The van der Waals surface area contributed by atoms with E-state index in [4.69, 9.17) is 4.74 Å². The van der Waals surface area contributed by atoms with Crippen LogP contribution in [-0.4, -0.2) is 40.7 Å². The number of rotatable bonds is 7. The zero-order chi connectivity index (χ0) is 24.2. The first kappa shape index (κ1) is 23.4. The molecule has 5 rings (SSSR count). The van der Waals surface area contributed by atoms with E-state index < -0.39 is 0 Å². The highest BCUT2D eigenvalue weighted by atomic mass is 16.6. The summed E-state index contributed by atoms with van der Waals surface area (Å²) in [6.07, 6.45) is 7.96. The number of hydrogen-bond acceptors (Lipinski definition) is 4. The molecule has 35 heavy (non-hydrogen) atoms. The fraction of sp³-hybridized carbons (Fsp3) is 0.379. The third-order valence-corrected chi connectivity index (χ3v) is 7.11.